The van der Waals surface area contributed by atoms with E-state index in [1.165, 1.54) is 0 Å². The minimum atomic E-state index is -4.67. The Kier molecular flexibility index (Phi) is 22.8. The number of carbonyl (C=O) groups is 3. The predicted octanol–water partition coefficient (Wildman–Crippen LogP) is 1.54. The normalized spacial score (nSPS) is 10.9. The molecule has 0 aliphatic heterocycles. The van der Waals surface area contributed by atoms with Gasteiger partial charge in [-0.1, -0.05) is 47.4 Å². The maximum Gasteiger partial charge on any atom is 0.394 e. The van der Waals surface area contributed by atoms with E-state index in [-0.39, 0.29) is 22.6 Å². The lowest BCUT2D eigenvalue weighted by Crippen LogP contribution is -2.40. The molecule has 0 aromatic carbocycles. The van der Waals surface area contributed by atoms with E-state index in [0.29, 0.717) is 24.2 Å². The molecule has 13 heteroatoms. The van der Waals surface area contributed by atoms with Crippen molar-refractivity contribution in [1.82, 2.24) is 20.4 Å². The molecule has 0 aliphatic carbocycles. The van der Waals surface area contributed by atoms with Gasteiger partial charge >= 0.3 is 10.4 Å². The molecule has 0 spiro atoms. The minimum Gasteiger partial charge on any atom is -0.366 e. The van der Waals surface area contributed by atoms with Crippen molar-refractivity contribution in [2.75, 3.05) is 54.4 Å². The number of nitrogens with zero attached hydrogens (tertiary/aromatic N) is 2. The summed E-state index contributed by atoms with van der Waals surface area (Å²) in [5.41, 5.74) is 5.84. The topological polar surface area (TPSA) is 182 Å². The molecule has 0 heterocycles. The van der Waals surface area contributed by atoms with Gasteiger partial charge in [0.1, 0.15) is 0 Å². The van der Waals surface area contributed by atoms with Crippen LogP contribution in [0.1, 0.15) is 41.5 Å². The Balaban J connectivity index is -0.000000225. The summed E-state index contributed by atoms with van der Waals surface area (Å²) in [5, 5.41) is 5.73. The lowest BCUT2D eigenvalue weighted by Gasteiger charge is -2.28. The number of nitrogens with two attached hydrogens (primary N) is 1. The molecule has 0 aromatic heterocycles. The molecular formula is C25H51N5O7S. The summed E-state index contributed by atoms with van der Waals surface area (Å²) in [7, 11) is 3.45. The van der Waals surface area contributed by atoms with Crippen LogP contribution in [0.25, 0.3) is 0 Å². The molecule has 0 bridgehead atoms. The monoisotopic (exact) mass is 565 g/mol. The van der Waals surface area contributed by atoms with Crippen molar-refractivity contribution in [2.24, 2.45) is 16.6 Å². The van der Waals surface area contributed by atoms with Gasteiger partial charge < -0.3 is 26.2 Å². The number of nitrogens with one attached hydrogen (secondary N) is 2. The number of hydrogen-bond acceptors (Lipinski definition) is 7. The van der Waals surface area contributed by atoms with Crippen LogP contribution in [-0.2, 0) is 24.8 Å². The Hall–Kier alpha value is -2.58. The van der Waals surface area contributed by atoms with Crippen LogP contribution in [0.3, 0.4) is 0 Å². The molecule has 224 valence electrons. The molecule has 0 fully saturated rings. The predicted molar refractivity (Wildman–Crippen MR) is 154 cm³/mol. The van der Waals surface area contributed by atoms with Gasteiger partial charge in [-0.3, -0.25) is 23.5 Å². The number of primary amides is 1. The molecule has 0 rings (SSSR count). The van der Waals surface area contributed by atoms with Gasteiger partial charge in [-0.2, -0.15) is 8.42 Å². The SMILES string of the molecule is C=C(C)C(=O)NCC(C)(C)CN(C)C.C=C(C)C(=O)NCC(C)(C)CN(C)C.C=CC(N)=O.O=S(=O)(O)O. The Labute approximate surface area is 230 Å². The van der Waals surface area contributed by atoms with Gasteiger partial charge in [0, 0.05) is 37.3 Å². The number of amides is 3. The lowest BCUT2D eigenvalue weighted by molar-refractivity contribution is -0.118. The van der Waals surface area contributed by atoms with Gasteiger partial charge in [0.05, 0.1) is 0 Å². The summed E-state index contributed by atoms with van der Waals surface area (Å²) in [6.45, 7) is 25.5. The average Bonchev–Trinajstić information content (AvgIpc) is 2.67. The van der Waals surface area contributed by atoms with Gasteiger partial charge in [-0.05, 0) is 58.9 Å². The van der Waals surface area contributed by atoms with Gasteiger partial charge in [-0.15, -0.1) is 0 Å². The molecule has 12 nitrogen and oxygen atoms in total. The summed E-state index contributed by atoms with van der Waals surface area (Å²) in [4.78, 5) is 36.2. The highest BCUT2D eigenvalue weighted by molar-refractivity contribution is 7.79. The molecule has 0 atom stereocenters. The maximum absolute atomic E-state index is 11.3. The highest BCUT2D eigenvalue weighted by atomic mass is 32.3. The first-order valence-electron chi connectivity index (χ1n) is 11.5. The van der Waals surface area contributed by atoms with E-state index in [0.717, 1.165) is 19.2 Å². The van der Waals surface area contributed by atoms with E-state index < -0.39 is 16.3 Å². The van der Waals surface area contributed by atoms with Crippen molar-refractivity contribution in [3.63, 3.8) is 0 Å². The van der Waals surface area contributed by atoms with Crippen LogP contribution in [-0.4, -0.2) is 99.4 Å². The fourth-order valence-electron chi connectivity index (χ4n) is 2.76. The number of rotatable bonds is 11. The maximum atomic E-state index is 11.3. The first kappa shape index (κ1) is 42.5. The smallest absolute Gasteiger partial charge is 0.366 e. The van der Waals surface area contributed by atoms with Crippen LogP contribution < -0.4 is 16.4 Å². The highest BCUT2D eigenvalue weighted by Gasteiger charge is 2.20. The fourth-order valence-corrected chi connectivity index (χ4v) is 2.76. The fraction of sp³-hybridized carbons (Fsp3) is 0.640. The van der Waals surface area contributed by atoms with E-state index in [1.54, 1.807) is 13.8 Å². The molecule has 38 heavy (non-hydrogen) atoms. The van der Waals surface area contributed by atoms with Crippen LogP contribution in [0.2, 0.25) is 0 Å². The van der Waals surface area contributed by atoms with Gasteiger partial charge in [0.2, 0.25) is 17.7 Å². The average molecular weight is 566 g/mol. The van der Waals surface area contributed by atoms with Crippen LogP contribution in [0.15, 0.2) is 37.0 Å². The Morgan fingerprint density at radius 1 is 0.816 bits per heavy atom. The molecular weight excluding hydrogens is 514 g/mol. The van der Waals surface area contributed by atoms with Gasteiger partial charge in [-0.25, -0.2) is 0 Å². The molecule has 0 saturated carbocycles. The third-order valence-corrected chi connectivity index (χ3v) is 3.92. The zero-order valence-electron chi connectivity index (χ0n) is 24.8. The van der Waals surface area contributed by atoms with Crippen molar-refractivity contribution in [3.05, 3.63) is 37.0 Å². The summed E-state index contributed by atoms with van der Waals surface area (Å²) in [6.07, 6.45) is 1.06. The molecule has 3 amide bonds. The third kappa shape index (κ3) is 40.6. The van der Waals surface area contributed by atoms with E-state index in [4.69, 9.17) is 17.5 Å². The first-order chi connectivity index (χ1) is 16.8. The third-order valence-electron chi connectivity index (χ3n) is 3.92. The van der Waals surface area contributed by atoms with Crippen LogP contribution >= 0.6 is 0 Å². The molecule has 0 aromatic rings. The largest absolute Gasteiger partial charge is 0.394 e. The van der Waals surface area contributed by atoms with Gasteiger partial charge in [0.15, 0.2) is 0 Å². The molecule has 0 radical (unpaired) electrons. The number of hydrogen-bond donors (Lipinski definition) is 5. The van der Waals surface area contributed by atoms with E-state index in [9.17, 15) is 14.4 Å². The molecule has 6 N–H and O–H groups in total. The molecule has 0 saturated heterocycles. The summed E-state index contributed by atoms with van der Waals surface area (Å²) in [5.74, 6) is -0.598. The lowest BCUT2D eigenvalue weighted by atomic mass is 9.93. The highest BCUT2D eigenvalue weighted by Crippen LogP contribution is 2.15. The Morgan fingerprint density at radius 3 is 1.16 bits per heavy atom. The standard InChI is InChI=1S/2C11H22N2O.C3H5NO.H2O4S/c2*1-9(2)10(14)12-7-11(3,4)8-13(5)6;1-2-3(4)5;1-5(2,3)4/h2*1,7-8H2,2-6H3,(H,12,14);2H,1H2,(H2,4,5);(H2,1,2,3,4). The van der Waals surface area contributed by atoms with Gasteiger partial charge in [0.25, 0.3) is 0 Å². The van der Waals surface area contributed by atoms with Crippen molar-refractivity contribution < 1.29 is 31.9 Å². The second-order valence-electron chi connectivity index (χ2n) is 10.8. The van der Waals surface area contributed by atoms with Crippen LogP contribution in [0.4, 0.5) is 0 Å². The summed E-state index contributed by atoms with van der Waals surface area (Å²) < 4.78 is 31.6. The zero-order chi connectivity index (χ0) is 31.5. The van der Waals surface area contributed by atoms with Crippen molar-refractivity contribution in [1.29, 1.82) is 0 Å². The first-order valence-corrected chi connectivity index (χ1v) is 12.9. The van der Waals surface area contributed by atoms with Crippen molar-refractivity contribution >= 4 is 28.1 Å². The van der Waals surface area contributed by atoms with E-state index >= 15 is 0 Å². The Bertz CT molecular complexity index is 825. The quantitative estimate of drug-likeness (QED) is 0.183. The zero-order valence-corrected chi connectivity index (χ0v) is 25.7. The summed E-state index contributed by atoms with van der Waals surface area (Å²) in [6, 6.07) is 0. The van der Waals surface area contributed by atoms with Crippen molar-refractivity contribution in [2.45, 2.75) is 41.5 Å². The molecule has 0 unspecified atom stereocenters. The second kappa shape index (κ2) is 20.4. The molecule has 0 aliphatic rings. The summed E-state index contributed by atoms with van der Waals surface area (Å²) >= 11 is 0. The van der Waals surface area contributed by atoms with Crippen LogP contribution in [0, 0.1) is 10.8 Å². The second-order valence-corrected chi connectivity index (χ2v) is 11.7. The van der Waals surface area contributed by atoms with E-state index in [1.807, 2.05) is 28.2 Å². The van der Waals surface area contributed by atoms with Crippen LogP contribution in [0.5, 0.6) is 0 Å². The number of carbonyl (C=O) groups excluding carboxylic acids is 3. The van der Waals surface area contributed by atoms with Crippen molar-refractivity contribution in [3.8, 4) is 0 Å². The minimum absolute atomic E-state index is 0.0585. The van der Waals surface area contributed by atoms with E-state index in [2.05, 4.69) is 73.6 Å². The Morgan fingerprint density at radius 2 is 1.03 bits per heavy atom.